The highest BCUT2D eigenvalue weighted by Gasteiger charge is 2.19. The van der Waals surface area contributed by atoms with E-state index < -0.39 is 0 Å². The van der Waals surface area contributed by atoms with Gasteiger partial charge in [0, 0.05) is 18.4 Å². The first-order valence-electron chi connectivity index (χ1n) is 5.79. The molecule has 6 heteroatoms. The summed E-state index contributed by atoms with van der Waals surface area (Å²) in [6, 6.07) is 0. The maximum atomic E-state index is 12.0. The fraction of sp³-hybridized carbons (Fsp3) is 0.308. The van der Waals surface area contributed by atoms with Crippen LogP contribution in [0.25, 0.3) is 10.2 Å². The van der Waals surface area contributed by atoms with Crippen LogP contribution in [0.2, 0.25) is 0 Å². The molecule has 0 bridgehead atoms. The van der Waals surface area contributed by atoms with Gasteiger partial charge in [0.1, 0.15) is 9.71 Å². The van der Waals surface area contributed by atoms with Gasteiger partial charge >= 0.3 is 0 Å². The highest BCUT2D eigenvalue weighted by Crippen LogP contribution is 2.34. The van der Waals surface area contributed by atoms with Crippen molar-refractivity contribution >= 4 is 33.1 Å². The highest BCUT2D eigenvalue weighted by atomic mass is 32.1. The maximum absolute atomic E-state index is 12.0. The predicted octanol–water partition coefficient (Wildman–Crippen LogP) is 1.64. The number of nitrogens with one attached hydrogen (secondary N) is 1. The average molecular weight is 274 g/mol. The minimum atomic E-state index is -0.215. The number of carbonyl (C=O) groups excluding carboxylic acids is 1. The fourth-order valence-corrected chi connectivity index (χ4v) is 2.75. The van der Waals surface area contributed by atoms with Crippen LogP contribution in [0.3, 0.4) is 0 Å². The summed E-state index contributed by atoms with van der Waals surface area (Å²) in [5.41, 5.74) is 8.30. The van der Waals surface area contributed by atoms with Gasteiger partial charge in [-0.15, -0.1) is 28.8 Å². The van der Waals surface area contributed by atoms with E-state index in [2.05, 4.69) is 21.4 Å². The number of nitrogens with zero attached hydrogens (tertiary/aromatic N) is 2. The molecule has 0 fully saturated rings. The molecule has 0 radical (unpaired) electrons. The molecule has 0 aromatic carbocycles. The van der Waals surface area contributed by atoms with Crippen LogP contribution < -0.4 is 11.1 Å². The molecule has 2 aromatic rings. The SMILES string of the molecule is C#CCCNC(=O)c1sc2nnc(C)c(C)c2c1N. The molecular weight excluding hydrogens is 260 g/mol. The molecule has 1 amide bonds. The number of anilines is 1. The molecular formula is C13H14N4OS. The minimum absolute atomic E-state index is 0.215. The number of nitrogen functional groups attached to an aromatic ring is 1. The van der Waals surface area contributed by atoms with E-state index in [1.165, 1.54) is 11.3 Å². The Bertz CT molecular complexity index is 684. The lowest BCUT2D eigenvalue weighted by Gasteiger charge is -2.02. The molecule has 0 atom stereocenters. The van der Waals surface area contributed by atoms with E-state index in [-0.39, 0.29) is 5.91 Å². The van der Waals surface area contributed by atoms with E-state index in [4.69, 9.17) is 12.2 Å². The summed E-state index contributed by atoms with van der Waals surface area (Å²) >= 11 is 1.25. The lowest BCUT2D eigenvalue weighted by atomic mass is 10.1. The zero-order valence-electron chi connectivity index (χ0n) is 10.8. The Morgan fingerprint density at radius 2 is 2.21 bits per heavy atom. The number of hydrogen-bond donors (Lipinski definition) is 2. The first-order chi connectivity index (χ1) is 9.06. The second kappa shape index (κ2) is 5.24. The van der Waals surface area contributed by atoms with Gasteiger partial charge in [-0.3, -0.25) is 4.79 Å². The molecule has 19 heavy (non-hydrogen) atoms. The van der Waals surface area contributed by atoms with Crippen LogP contribution in [-0.2, 0) is 0 Å². The smallest absolute Gasteiger partial charge is 0.263 e. The van der Waals surface area contributed by atoms with Crippen LogP contribution in [0.15, 0.2) is 0 Å². The van der Waals surface area contributed by atoms with E-state index >= 15 is 0 Å². The van der Waals surface area contributed by atoms with Crippen molar-refractivity contribution in [3.8, 4) is 12.3 Å². The number of rotatable bonds is 3. The van der Waals surface area contributed by atoms with Crippen LogP contribution >= 0.6 is 11.3 Å². The number of amides is 1. The molecule has 98 valence electrons. The number of fused-ring (bicyclic) bond motifs is 1. The Labute approximate surface area is 115 Å². The molecule has 0 aliphatic carbocycles. The topological polar surface area (TPSA) is 80.9 Å². The van der Waals surface area contributed by atoms with E-state index in [1.807, 2.05) is 13.8 Å². The summed E-state index contributed by atoms with van der Waals surface area (Å²) < 4.78 is 0. The van der Waals surface area contributed by atoms with Crippen molar-refractivity contribution in [2.45, 2.75) is 20.3 Å². The molecule has 3 N–H and O–H groups in total. The van der Waals surface area contributed by atoms with E-state index in [0.717, 1.165) is 16.6 Å². The van der Waals surface area contributed by atoms with Gasteiger partial charge in [-0.1, -0.05) is 0 Å². The van der Waals surface area contributed by atoms with Crippen molar-refractivity contribution in [1.82, 2.24) is 15.5 Å². The quantitative estimate of drug-likeness (QED) is 0.658. The van der Waals surface area contributed by atoms with Gasteiger partial charge in [-0.25, -0.2) is 0 Å². The molecule has 0 aliphatic heterocycles. The molecule has 5 nitrogen and oxygen atoms in total. The fourth-order valence-electron chi connectivity index (χ4n) is 1.74. The summed E-state index contributed by atoms with van der Waals surface area (Å²) in [5.74, 6) is 2.25. The van der Waals surface area contributed by atoms with Crippen molar-refractivity contribution in [3.63, 3.8) is 0 Å². The number of hydrogen-bond acceptors (Lipinski definition) is 5. The summed E-state index contributed by atoms with van der Waals surface area (Å²) in [6.07, 6.45) is 5.63. The number of aromatic nitrogens is 2. The van der Waals surface area contributed by atoms with Crippen molar-refractivity contribution in [2.24, 2.45) is 0 Å². The number of thiophene rings is 1. The number of terminal acetylenes is 1. The summed E-state index contributed by atoms with van der Waals surface area (Å²) in [6.45, 7) is 4.23. The van der Waals surface area contributed by atoms with Crippen molar-refractivity contribution in [3.05, 3.63) is 16.1 Å². The largest absolute Gasteiger partial charge is 0.397 e. The van der Waals surface area contributed by atoms with E-state index in [1.54, 1.807) is 0 Å². The van der Waals surface area contributed by atoms with Crippen molar-refractivity contribution < 1.29 is 4.79 Å². The molecule has 0 spiro atoms. The van der Waals surface area contributed by atoms with Crippen LogP contribution in [0.4, 0.5) is 5.69 Å². The van der Waals surface area contributed by atoms with Gasteiger partial charge in [0.2, 0.25) is 0 Å². The summed E-state index contributed by atoms with van der Waals surface area (Å²) in [7, 11) is 0. The molecule has 0 saturated carbocycles. The molecule has 0 unspecified atom stereocenters. The Balaban J connectivity index is 2.41. The van der Waals surface area contributed by atoms with Gasteiger partial charge in [0.05, 0.1) is 11.4 Å². The van der Waals surface area contributed by atoms with E-state index in [0.29, 0.717) is 28.4 Å². The third-order valence-corrected chi connectivity index (χ3v) is 3.98. The molecule has 2 aromatic heterocycles. The number of carbonyl (C=O) groups is 1. The van der Waals surface area contributed by atoms with Crippen LogP contribution in [0.1, 0.15) is 27.3 Å². The molecule has 2 heterocycles. The van der Waals surface area contributed by atoms with Crippen molar-refractivity contribution in [2.75, 3.05) is 12.3 Å². The standard InChI is InChI=1S/C13H14N4OS/c1-4-5-6-15-12(18)11-10(14)9-7(2)8(3)16-17-13(9)19-11/h1H,5-6,14H2,2-3H3,(H,15,18). The summed E-state index contributed by atoms with van der Waals surface area (Å²) in [5, 5.41) is 11.7. The first-order valence-corrected chi connectivity index (χ1v) is 6.61. The second-order valence-electron chi connectivity index (χ2n) is 4.15. The van der Waals surface area contributed by atoms with Crippen LogP contribution in [-0.4, -0.2) is 22.6 Å². The lowest BCUT2D eigenvalue weighted by molar-refractivity contribution is 0.0959. The van der Waals surface area contributed by atoms with Gasteiger partial charge in [-0.2, -0.15) is 5.10 Å². The Morgan fingerprint density at radius 1 is 1.47 bits per heavy atom. The van der Waals surface area contributed by atoms with Crippen molar-refractivity contribution in [1.29, 1.82) is 0 Å². The molecule has 0 aliphatic rings. The predicted molar refractivity (Wildman–Crippen MR) is 77.1 cm³/mol. The average Bonchev–Trinajstić information content (AvgIpc) is 2.72. The van der Waals surface area contributed by atoms with Crippen LogP contribution in [0.5, 0.6) is 0 Å². The lowest BCUT2D eigenvalue weighted by Crippen LogP contribution is -2.24. The van der Waals surface area contributed by atoms with Gasteiger partial charge in [0.25, 0.3) is 5.91 Å². The zero-order chi connectivity index (χ0) is 14.0. The monoisotopic (exact) mass is 274 g/mol. The second-order valence-corrected chi connectivity index (χ2v) is 5.14. The van der Waals surface area contributed by atoms with Gasteiger partial charge < -0.3 is 11.1 Å². The van der Waals surface area contributed by atoms with Gasteiger partial charge in [0.15, 0.2) is 0 Å². The third kappa shape index (κ3) is 2.37. The number of aryl methyl sites for hydroxylation is 2. The van der Waals surface area contributed by atoms with Gasteiger partial charge in [-0.05, 0) is 19.4 Å². The Morgan fingerprint density at radius 3 is 2.89 bits per heavy atom. The Kier molecular flexibility index (Phi) is 3.67. The summed E-state index contributed by atoms with van der Waals surface area (Å²) in [4.78, 5) is 13.2. The zero-order valence-corrected chi connectivity index (χ0v) is 11.6. The minimum Gasteiger partial charge on any atom is -0.397 e. The molecule has 2 rings (SSSR count). The third-order valence-electron chi connectivity index (χ3n) is 2.90. The first kappa shape index (κ1) is 13.3. The highest BCUT2D eigenvalue weighted by molar-refractivity contribution is 7.21. The Hall–Kier alpha value is -2.13. The maximum Gasteiger partial charge on any atom is 0.263 e. The van der Waals surface area contributed by atoms with Crippen LogP contribution in [0, 0.1) is 26.2 Å². The molecule has 0 saturated heterocycles. The van der Waals surface area contributed by atoms with E-state index in [9.17, 15) is 4.79 Å². The number of nitrogens with two attached hydrogens (primary N) is 1. The normalized spacial score (nSPS) is 10.4.